The Labute approximate surface area is 147 Å². The van der Waals surface area contributed by atoms with Crippen LogP contribution < -0.4 is 26.9 Å². The predicted molar refractivity (Wildman–Crippen MR) is 85.3 cm³/mol. The van der Waals surface area contributed by atoms with Gasteiger partial charge in [0.05, 0.1) is 0 Å². The van der Waals surface area contributed by atoms with E-state index in [0.717, 1.165) is 30.6 Å². The minimum atomic E-state index is 0. The number of halogens is 2. The number of rotatable bonds is 6. The highest BCUT2D eigenvalue weighted by atomic mass is 79.9. The number of hydrogen-bond acceptors (Lipinski definition) is 1. The molecular formula is C17H20BrClN2O. The Morgan fingerprint density at radius 1 is 1.14 bits per heavy atom. The van der Waals surface area contributed by atoms with Crippen LogP contribution in [0.5, 0.6) is 0 Å². The van der Waals surface area contributed by atoms with Gasteiger partial charge in [-0.3, -0.25) is 4.79 Å². The monoisotopic (exact) mass is 382 g/mol. The van der Waals surface area contributed by atoms with Crippen molar-refractivity contribution >= 4 is 23.2 Å². The number of hydrogen-bond donors (Lipinski definition) is 1. The lowest BCUT2D eigenvalue weighted by molar-refractivity contribution is -0.697. The van der Waals surface area contributed by atoms with Crippen molar-refractivity contribution in [3.63, 3.8) is 0 Å². The third kappa shape index (κ3) is 5.78. The number of carbonyl (C=O) groups is 1. The zero-order chi connectivity index (χ0) is 15.1. The van der Waals surface area contributed by atoms with Crippen LogP contribution in [-0.2, 0) is 11.3 Å². The maximum absolute atomic E-state index is 11.9. The van der Waals surface area contributed by atoms with Crippen LogP contribution in [0.4, 0.5) is 5.69 Å². The molecule has 0 aliphatic heterocycles. The van der Waals surface area contributed by atoms with E-state index in [1.54, 1.807) is 0 Å². The molecule has 0 saturated carbocycles. The molecule has 0 saturated heterocycles. The molecule has 0 aliphatic rings. The second-order valence-corrected chi connectivity index (χ2v) is 5.44. The van der Waals surface area contributed by atoms with E-state index in [1.807, 2.05) is 55.7 Å². The fourth-order valence-electron chi connectivity index (χ4n) is 2.12. The molecular weight excluding hydrogens is 364 g/mol. The second-order valence-electron chi connectivity index (χ2n) is 5.03. The molecule has 0 bridgehead atoms. The molecule has 0 fully saturated rings. The van der Waals surface area contributed by atoms with E-state index in [0.29, 0.717) is 11.4 Å². The first-order valence-corrected chi connectivity index (χ1v) is 7.53. The van der Waals surface area contributed by atoms with Crippen LogP contribution in [0.15, 0.2) is 48.8 Å². The van der Waals surface area contributed by atoms with Crippen LogP contribution in [0.2, 0.25) is 5.02 Å². The molecule has 0 atom stereocenters. The second kappa shape index (κ2) is 9.59. The maximum atomic E-state index is 11.9. The highest BCUT2D eigenvalue weighted by Gasteiger charge is 2.07. The number of unbranched alkanes of at least 4 members (excludes halogenated alkanes) is 1. The van der Waals surface area contributed by atoms with Gasteiger partial charge in [-0.1, -0.05) is 23.7 Å². The Morgan fingerprint density at radius 2 is 1.86 bits per heavy atom. The van der Waals surface area contributed by atoms with Crippen molar-refractivity contribution in [3.8, 4) is 0 Å². The van der Waals surface area contributed by atoms with Gasteiger partial charge in [0, 0.05) is 35.7 Å². The van der Waals surface area contributed by atoms with Crippen molar-refractivity contribution in [1.29, 1.82) is 0 Å². The van der Waals surface area contributed by atoms with Crippen molar-refractivity contribution < 1.29 is 26.3 Å². The quantitative estimate of drug-likeness (QED) is 0.579. The zero-order valence-corrected chi connectivity index (χ0v) is 14.9. The Kier molecular flexibility index (Phi) is 8.13. The largest absolute Gasteiger partial charge is 1.00 e. The summed E-state index contributed by atoms with van der Waals surface area (Å²) >= 11 is 6.04. The molecule has 1 amide bonds. The van der Waals surface area contributed by atoms with Crippen LogP contribution in [0.1, 0.15) is 24.8 Å². The first-order chi connectivity index (χ1) is 10.2. The van der Waals surface area contributed by atoms with Gasteiger partial charge in [0.15, 0.2) is 12.4 Å². The first kappa shape index (κ1) is 18.7. The van der Waals surface area contributed by atoms with Gasteiger partial charge in [0.25, 0.3) is 0 Å². The molecule has 1 aromatic carbocycles. The molecule has 2 rings (SSSR count). The molecule has 0 radical (unpaired) electrons. The van der Waals surface area contributed by atoms with Crippen LogP contribution >= 0.6 is 11.6 Å². The van der Waals surface area contributed by atoms with Crippen molar-refractivity contribution in [1.82, 2.24) is 0 Å². The van der Waals surface area contributed by atoms with Gasteiger partial charge in [-0.15, -0.1) is 0 Å². The number of pyridine rings is 1. The fourth-order valence-corrected chi connectivity index (χ4v) is 2.29. The Morgan fingerprint density at radius 3 is 2.59 bits per heavy atom. The van der Waals surface area contributed by atoms with Crippen molar-refractivity contribution in [2.45, 2.75) is 32.7 Å². The standard InChI is InChI=1S/C17H19ClN2O.BrH/c1-14-15(18)8-7-9-16(14)19-17(21)10-3-6-13-20-11-4-2-5-12-20;/h2,4-5,7-9,11-12H,3,6,10,13H2,1H3;1H. The number of nitrogens with one attached hydrogen (secondary N) is 1. The summed E-state index contributed by atoms with van der Waals surface area (Å²) in [6.07, 6.45) is 6.45. The van der Waals surface area contributed by atoms with E-state index < -0.39 is 0 Å². The van der Waals surface area contributed by atoms with Crippen molar-refractivity contribution in [2.75, 3.05) is 5.32 Å². The Hall–Kier alpha value is -1.39. The van der Waals surface area contributed by atoms with E-state index in [1.165, 1.54) is 0 Å². The summed E-state index contributed by atoms with van der Waals surface area (Å²) in [5.41, 5.74) is 1.71. The van der Waals surface area contributed by atoms with E-state index in [-0.39, 0.29) is 22.9 Å². The third-order valence-corrected chi connectivity index (χ3v) is 3.80. The average Bonchev–Trinajstić information content (AvgIpc) is 2.49. The molecule has 118 valence electrons. The summed E-state index contributed by atoms with van der Waals surface area (Å²) in [5, 5.41) is 3.59. The highest BCUT2D eigenvalue weighted by Crippen LogP contribution is 2.23. The summed E-state index contributed by atoms with van der Waals surface area (Å²) in [4.78, 5) is 11.9. The first-order valence-electron chi connectivity index (χ1n) is 7.16. The van der Waals surface area contributed by atoms with Gasteiger partial charge < -0.3 is 22.3 Å². The molecule has 1 heterocycles. The van der Waals surface area contributed by atoms with Crippen LogP contribution in [0, 0.1) is 6.92 Å². The molecule has 1 N–H and O–H groups in total. The average molecular weight is 384 g/mol. The number of anilines is 1. The van der Waals surface area contributed by atoms with E-state index in [2.05, 4.69) is 9.88 Å². The van der Waals surface area contributed by atoms with Crippen LogP contribution in [-0.4, -0.2) is 5.91 Å². The van der Waals surface area contributed by atoms with Crippen molar-refractivity contribution in [3.05, 3.63) is 59.4 Å². The molecule has 0 unspecified atom stereocenters. The SMILES string of the molecule is Cc1c(Cl)cccc1NC(=O)CCCC[n+]1ccccc1.[Br-]. The van der Waals surface area contributed by atoms with Crippen molar-refractivity contribution in [2.24, 2.45) is 0 Å². The highest BCUT2D eigenvalue weighted by molar-refractivity contribution is 6.31. The molecule has 0 spiro atoms. The van der Waals surface area contributed by atoms with Crippen LogP contribution in [0.3, 0.4) is 0 Å². The van der Waals surface area contributed by atoms with Gasteiger partial charge >= 0.3 is 0 Å². The number of nitrogens with zero attached hydrogens (tertiary/aromatic N) is 1. The summed E-state index contributed by atoms with van der Waals surface area (Å²) in [6, 6.07) is 11.6. The number of aromatic nitrogens is 1. The molecule has 3 nitrogen and oxygen atoms in total. The van der Waals surface area contributed by atoms with E-state index >= 15 is 0 Å². The summed E-state index contributed by atoms with van der Waals surface area (Å²) < 4.78 is 2.12. The van der Waals surface area contributed by atoms with E-state index in [4.69, 9.17) is 11.6 Å². The number of carbonyl (C=O) groups excluding carboxylic acids is 1. The third-order valence-electron chi connectivity index (χ3n) is 3.39. The maximum Gasteiger partial charge on any atom is 0.224 e. The van der Waals surface area contributed by atoms with Gasteiger partial charge in [-0.2, -0.15) is 0 Å². The summed E-state index contributed by atoms with van der Waals surface area (Å²) in [5.74, 6) is 0.0402. The lowest BCUT2D eigenvalue weighted by Crippen LogP contribution is -3.00. The number of benzene rings is 1. The van der Waals surface area contributed by atoms with Gasteiger partial charge in [-0.25, -0.2) is 4.57 Å². The minimum absolute atomic E-state index is 0. The summed E-state index contributed by atoms with van der Waals surface area (Å²) in [6.45, 7) is 2.84. The van der Waals surface area contributed by atoms with Gasteiger partial charge in [0.2, 0.25) is 5.91 Å². The Bertz CT molecular complexity index is 605. The Balaban J connectivity index is 0.00000242. The lowest BCUT2D eigenvalue weighted by Gasteiger charge is -2.09. The normalized spacial score (nSPS) is 9.91. The van der Waals surface area contributed by atoms with Gasteiger partial charge in [-0.05, 0) is 31.0 Å². The van der Waals surface area contributed by atoms with E-state index in [9.17, 15) is 4.79 Å². The molecule has 2 aromatic rings. The summed E-state index contributed by atoms with van der Waals surface area (Å²) in [7, 11) is 0. The molecule has 22 heavy (non-hydrogen) atoms. The topological polar surface area (TPSA) is 33.0 Å². The van der Waals surface area contributed by atoms with Crippen LogP contribution in [0.25, 0.3) is 0 Å². The number of aryl methyl sites for hydroxylation is 1. The molecule has 5 heteroatoms. The lowest BCUT2D eigenvalue weighted by atomic mass is 10.2. The smallest absolute Gasteiger partial charge is 0.224 e. The predicted octanol–water partition coefficient (Wildman–Crippen LogP) is 0.749. The fraction of sp³-hybridized carbons (Fsp3) is 0.294. The molecule has 1 aromatic heterocycles. The number of amides is 1. The minimum Gasteiger partial charge on any atom is -1.00 e. The molecule has 0 aliphatic carbocycles. The van der Waals surface area contributed by atoms with Gasteiger partial charge in [0.1, 0.15) is 6.54 Å². The zero-order valence-electron chi connectivity index (χ0n) is 12.6.